The Morgan fingerprint density at radius 1 is 1.33 bits per heavy atom. The van der Waals surface area contributed by atoms with Crippen LogP contribution in [0.1, 0.15) is 15.4 Å². The van der Waals surface area contributed by atoms with Crippen molar-refractivity contribution < 1.29 is 4.79 Å². The van der Waals surface area contributed by atoms with Crippen molar-refractivity contribution in [2.75, 3.05) is 12.3 Å². The Morgan fingerprint density at radius 2 is 2.06 bits per heavy atom. The molecule has 0 saturated carbocycles. The van der Waals surface area contributed by atoms with E-state index in [-0.39, 0.29) is 5.91 Å². The van der Waals surface area contributed by atoms with Crippen molar-refractivity contribution in [2.45, 2.75) is 6.42 Å². The summed E-state index contributed by atoms with van der Waals surface area (Å²) in [6.07, 6.45) is 0.619. The Morgan fingerprint density at radius 3 is 2.67 bits per heavy atom. The Hall–Kier alpha value is -1.66. The predicted molar refractivity (Wildman–Crippen MR) is 71.8 cm³/mol. The van der Waals surface area contributed by atoms with Gasteiger partial charge in [-0.25, -0.2) is 0 Å². The molecule has 1 amide bonds. The Labute approximate surface area is 113 Å². The molecule has 1 aromatic carbocycles. The lowest BCUT2D eigenvalue weighted by Gasteiger charge is -2.03. The van der Waals surface area contributed by atoms with Gasteiger partial charge in [0.2, 0.25) is 5.13 Å². The van der Waals surface area contributed by atoms with Crippen LogP contribution in [0.3, 0.4) is 0 Å². The number of benzene rings is 1. The average molecular weight is 283 g/mol. The van der Waals surface area contributed by atoms with Crippen molar-refractivity contribution in [3.05, 3.63) is 39.9 Å². The molecule has 0 radical (unpaired) electrons. The first-order chi connectivity index (χ1) is 8.65. The maximum Gasteiger partial charge on any atom is 0.251 e. The number of aromatic nitrogens is 2. The first-order valence-electron chi connectivity index (χ1n) is 5.27. The van der Waals surface area contributed by atoms with E-state index in [0.717, 1.165) is 5.01 Å². The van der Waals surface area contributed by atoms with Crippen LogP contribution in [0.25, 0.3) is 0 Å². The smallest absolute Gasteiger partial charge is 0.251 e. The topological polar surface area (TPSA) is 80.9 Å². The van der Waals surface area contributed by atoms with Crippen molar-refractivity contribution in [1.82, 2.24) is 15.5 Å². The minimum atomic E-state index is -0.135. The number of nitrogens with two attached hydrogens (primary N) is 1. The van der Waals surface area contributed by atoms with Gasteiger partial charge in [-0.05, 0) is 24.3 Å². The fourth-order valence-electron chi connectivity index (χ4n) is 1.35. The highest BCUT2D eigenvalue weighted by Gasteiger charge is 2.06. The van der Waals surface area contributed by atoms with Gasteiger partial charge in [-0.3, -0.25) is 4.79 Å². The van der Waals surface area contributed by atoms with E-state index in [1.165, 1.54) is 11.3 Å². The van der Waals surface area contributed by atoms with Crippen LogP contribution >= 0.6 is 22.9 Å². The molecule has 94 valence electrons. The molecular formula is C11H11ClN4OS. The summed E-state index contributed by atoms with van der Waals surface area (Å²) in [5.41, 5.74) is 6.04. The standard InChI is InChI=1S/C11H11ClN4OS/c12-8-3-1-7(2-4-8)10(17)14-6-5-9-15-16-11(13)18-9/h1-4H,5-6H2,(H2,13,16)(H,14,17). The highest BCUT2D eigenvalue weighted by atomic mass is 35.5. The van der Waals surface area contributed by atoms with Crippen molar-refractivity contribution in [3.8, 4) is 0 Å². The highest BCUT2D eigenvalue weighted by molar-refractivity contribution is 7.15. The molecule has 0 saturated heterocycles. The monoisotopic (exact) mass is 282 g/mol. The van der Waals surface area contributed by atoms with Gasteiger partial charge in [-0.15, -0.1) is 10.2 Å². The van der Waals surface area contributed by atoms with Crippen LogP contribution in [-0.4, -0.2) is 22.6 Å². The number of nitrogens with zero attached hydrogens (tertiary/aromatic N) is 2. The third-order valence-electron chi connectivity index (χ3n) is 2.21. The van der Waals surface area contributed by atoms with Gasteiger partial charge in [0.1, 0.15) is 5.01 Å². The number of hydrogen-bond acceptors (Lipinski definition) is 5. The number of carbonyl (C=O) groups excluding carboxylic acids is 1. The molecule has 7 heteroatoms. The number of halogens is 1. The molecule has 3 N–H and O–H groups in total. The minimum absolute atomic E-state index is 0.135. The molecule has 0 aliphatic rings. The second kappa shape index (κ2) is 5.79. The average Bonchev–Trinajstić information content (AvgIpc) is 2.76. The van der Waals surface area contributed by atoms with Gasteiger partial charge in [0.15, 0.2) is 0 Å². The molecule has 2 rings (SSSR count). The molecule has 1 heterocycles. The molecule has 0 aliphatic carbocycles. The minimum Gasteiger partial charge on any atom is -0.374 e. The maximum absolute atomic E-state index is 11.7. The van der Waals surface area contributed by atoms with E-state index in [9.17, 15) is 4.79 Å². The number of hydrogen-bond donors (Lipinski definition) is 2. The zero-order valence-corrected chi connectivity index (χ0v) is 11.0. The lowest BCUT2D eigenvalue weighted by atomic mass is 10.2. The van der Waals surface area contributed by atoms with E-state index >= 15 is 0 Å². The predicted octanol–water partition coefficient (Wildman–Crippen LogP) is 1.75. The summed E-state index contributed by atoms with van der Waals surface area (Å²) >= 11 is 7.07. The fourth-order valence-corrected chi connectivity index (χ4v) is 2.09. The van der Waals surface area contributed by atoms with Crippen molar-refractivity contribution in [2.24, 2.45) is 0 Å². The number of carbonyl (C=O) groups is 1. The maximum atomic E-state index is 11.7. The summed E-state index contributed by atoms with van der Waals surface area (Å²) in [7, 11) is 0. The van der Waals surface area contributed by atoms with Gasteiger partial charge >= 0.3 is 0 Å². The fraction of sp³-hybridized carbons (Fsp3) is 0.182. The molecule has 0 atom stereocenters. The number of rotatable bonds is 4. The number of nitrogen functional groups attached to an aromatic ring is 1. The Kier molecular flexibility index (Phi) is 4.11. The molecule has 0 fully saturated rings. The SMILES string of the molecule is Nc1nnc(CCNC(=O)c2ccc(Cl)cc2)s1. The normalized spacial score (nSPS) is 10.3. The van der Waals surface area contributed by atoms with E-state index in [2.05, 4.69) is 15.5 Å². The molecule has 2 aromatic rings. The zero-order chi connectivity index (χ0) is 13.0. The van der Waals surface area contributed by atoms with Gasteiger partial charge in [0.25, 0.3) is 5.91 Å². The van der Waals surface area contributed by atoms with Crippen molar-refractivity contribution in [3.63, 3.8) is 0 Å². The summed E-state index contributed by atoms with van der Waals surface area (Å²) in [6.45, 7) is 0.496. The van der Waals surface area contributed by atoms with E-state index < -0.39 is 0 Å². The Balaban J connectivity index is 1.83. The highest BCUT2D eigenvalue weighted by Crippen LogP contribution is 2.11. The van der Waals surface area contributed by atoms with Crippen LogP contribution in [0.15, 0.2) is 24.3 Å². The summed E-state index contributed by atoms with van der Waals surface area (Å²) in [6, 6.07) is 6.73. The summed E-state index contributed by atoms with van der Waals surface area (Å²) in [5, 5.41) is 12.2. The second-order valence-electron chi connectivity index (χ2n) is 3.55. The summed E-state index contributed by atoms with van der Waals surface area (Å²) < 4.78 is 0. The number of nitrogens with one attached hydrogen (secondary N) is 1. The van der Waals surface area contributed by atoms with Crippen LogP contribution in [0.5, 0.6) is 0 Å². The van der Waals surface area contributed by atoms with Crippen molar-refractivity contribution in [1.29, 1.82) is 0 Å². The second-order valence-corrected chi connectivity index (χ2v) is 5.08. The number of anilines is 1. The van der Waals surface area contributed by atoms with Gasteiger partial charge < -0.3 is 11.1 Å². The van der Waals surface area contributed by atoms with E-state index in [1.807, 2.05) is 0 Å². The molecule has 0 spiro atoms. The van der Waals surface area contributed by atoms with Crippen LogP contribution in [0.4, 0.5) is 5.13 Å². The van der Waals surface area contributed by atoms with E-state index in [0.29, 0.717) is 28.7 Å². The molecule has 18 heavy (non-hydrogen) atoms. The zero-order valence-electron chi connectivity index (χ0n) is 9.39. The lowest BCUT2D eigenvalue weighted by molar-refractivity contribution is 0.0954. The van der Waals surface area contributed by atoms with Gasteiger partial charge in [-0.2, -0.15) is 0 Å². The third kappa shape index (κ3) is 3.41. The van der Waals surface area contributed by atoms with Crippen LogP contribution < -0.4 is 11.1 Å². The quantitative estimate of drug-likeness (QED) is 0.895. The van der Waals surface area contributed by atoms with Crippen LogP contribution in [-0.2, 0) is 6.42 Å². The van der Waals surface area contributed by atoms with Crippen LogP contribution in [0.2, 0.25) is 5.02 Å². The summed E-state index contributed by atoms with van der Waals surface area (Å²) in [5.74, 6) is -0.135. The Bertz CT molecular complexity index is 540. The van der Waals surface area contributed by atoms with Gasteiger partial charge in [0.05, 0.1) is 0 Å². The summed E-state index contributed by atoms with van der Waals surface area (Å²) in [4.78, 5) is 11.7. The molecular weight excluding hydrogens is 272 g/mol. The number of amides is 1. The third-order valence-corrected chi connectivity index (χ3v) is 3.28. The molecule has 0 aliphatic heterocycles. The largest absolute Gasteiger partial charge is 0.374 e. The van der Waals surface area contributed by atoms with Gasteiger partial charge in [-0.1, -0.05) is 22.9 Å². The first kappa shape index (κ1) is 12.8. The molecule has 0 unspecified atom stereocenters. The first-order valence-corrected chi connectivity index (χ1v) is 6.46. The van der Waals surface area contributed by atoms with E-state index in [1.54, 1.807) is 24.3 Å². The van der Waals surface area contributed by atoms with Gasteiger partial charge in [0, 0.05) is 23.6 Å². The van der Waals surface area contributed by atoms with E-state index in [4.69, 9.17) is 17.3 Å². The van der Waals surface area contributed by atoms with Crippen LogP contribution in [0, 0.1) is 0 Å². The lowest BCUT2D eigenvalue weighted by Crippen LogP contribution is -2.25. The molecule has 0 bridgehead atoms. The van der Waals surface area contributed by atoms with Crippen molar-refractivity contribution >= 4 is 34.0 Å². The molecule has 1 aromatic heterocycles. The molecule has 5 nitrogen and oxygen atoms in total.